The third-order valence-corrected chi connectivity index (χ3v) is 6.94. The number of rotatable bonds is 6. The molecule has 3 nitrogen and oxygen atoms in total. The molecule has 0 spiro atoms. The van der Waals surface area contributed by atoms with Crippen LogP contribution in [0, 0.1) is 5.92 Å². The van der Waals surface area contributed by atoms with Gasteiger partial charge >= 0.3 is 0 Å². The molecule has 2 aliphatic heterocycles. The molecule has 0 radical (unpaired) electrons. The summed E-state index contributed by atoms with van der Waals surface area (Å²) in [5.74, 6) is 0.771. The fourth-order valence-corrected chi connectivity index (χ4v) is 5.25. The highest BCUT2D eigenvalue weighted by molar-refractivity contribution is 5.94. The van der Waals surface area contributed by atoms with Crippen molar-refractivity contribution in [1.82, 2.24) is 4.90 Å². The van der Waals surface area contributed by atoms with Crippen LogP contribution in [-0.2, 0) is 17.6 Å². The molecule has 0 saturated carbocycles. The Balaban J connectivity index is 1.24. The van der Waals surface area contributed by atoms with Gasteiger partial charge in [-0.1, -0.05) is 72.8 Å². The Kier molecular flexibility index (Phi) is 6.36. The molecule has 0 aromatic heterocycles. The zero-order valence-corrected chi connectivity index (χ0v) is 18.7. The van der Waals surface area contributed by atoms with E-state index in [1.165, 1.54) is 48.2 Å². The predicted octanol–water partition coefficient (Wildman–Crippen LogP) is 5.59. The predicted molar refractivity (Wildman–Crippen MR) is 132 cm³/mol. The number of fused-ring (bicyclic) bond motifs is 1. The van der Waals surface area contributed by atoms with Crippen molar-refractivity contribution in [2.45, 2.75) is 32.1 Å². The van der Waals surface area contributed by atoms with Gasteiger partial charge in [0.15, 0.2) is 0 Å². The average molecular weight is 425 g/mol. The number of amides is 1. The third-order valence-electron chi connectivity index (χ3n) is 6.94. The molecule has 1 atom stereocenters. The molecule has 32 heavy (non-hydrogen) atoms. The van der Waals surface area contributed by atoms with E-state index in [2.05, 4.69) is 82.6 Å². The summed E-state index contributed by atoms with van der Waals surface area (Å²) in [6, 6.07) is 27.6. The number of hydrogen-bond donors (Lipinski definition) is 0. The third kappa shape index (κ3) is 4.78. The highest BCUT2D eigenvalue weighted by atomic mass is 16.2. The number of carbonyl (C=O) groups is 1. The van der Waals surface area contributed by atoms with E-state index in [1.807, 2.05) is 6.07 Å². The molecule has 3 heteroatoms. The zero-order valence-electron chi connectivity index (χ0n) is 18.7. The minimum atomic E-state index is 0.246. The van der Waals surface area contributed by atoms with Gasteiger partial charge in [-0.15, -0.1) is 0 Å². The molecular weight excluding hydrogens is 392 g/mol. The van der Waals surface area contributed by atoms with Crippen LogP contribution in [0.2, 0.25) is 0 Å². The molecule has 2 aliphatic rings. The minimum Gasteiger partial charge on any atom is -0.312 e. The largest absolute Gasteiger partial charge is 0.312 e. The quantitative estimate of drug-likeness (QED) is 0.515. The summed E-state index contributed by atoms with van der Waals surface area (Å²) in [6.07, 6.45) is 5.04. The Morgan fingerprint density at radius 1 is 0.812 bits per heavy atom. The molecule has 164 valence electrons. The lowest BCUT2D eigenvalue weighted by atomic mass is 9.91. The highest BCUT2D eigenvalue weighted by Gasteiger charge is 2.29. The molecule has 0 bridgehead atoms. The SMILES string of the molecule is O=C(CCc1ccc(-c2ccccc2)cc1)N1CC(CN2CCCC2)Cc2ccccc21. The fraction of sp³-hybridized carbons (Fsp3) is 0.345. The zero-order chi connectivity index (χ0) is 21.8. The van der Waals surface area contributed by atoms with Crippen LogP contribution in [0.3, 0.4) is 0 Å². The first kappa shape index (κ1) is 21.0. The van der Waals surface area contributed by atoms with Crippen molar-refractivity contribution in [3.8, 4) is 11.1 Å². The number of carbonyl (C=O) groups excluding carboxylic acids is 1. The van der Waals surface area contributed by atoms with Crippen LogP contribution >= 0.6 is 0 Å². The Labute approximate surface area is 191 Å². The lowest BCUT2D eigenvalue weighted by molar-refractivity contribution is -0.118. The molecule has 0 N–H and O–H groups in total. The van der Waals surface area contributed by atoms with Gasteiger partial charge < -0.3 is 9.80 Å². The van der Waals surface area contributed by atoms with E-state index in [1.54, 1.807) is 0 Å². The Morgan fingerprint density at radius 3 is 2.28 bits per heavy atom. The van der Waals surface area contributed by atoms with Crippen LogP contribution < -0.4 is 4.90 Å². The number of hydrogen-bond acceptors (Lipinski definition) is 2. The Hall–Kier alpha value is -2.91. The van der Waals surface area contributed by atoms with Crippen LogP contribution in [-0.4, -0.2) is 37.0 Å². The van der Waals surface area contributed by atoms with Gasteiger partial charge in [-0.25, -0.2) is 0 Å². The maximum Gasteiger partial charge on any atom is 0.227 e. The van der Waals surface area contributed by atoms with Gasteiger partial charge in [0, 0.05) is 25.2 Å². The van der Waals surface area contributed by atoms with Crippen molar-refractivity contribution in [2.75, 3.05) is 31.1 Å². The topological polar surface area (TPSA) is 23.6 Å². The summed E-state index contributed by atoms with van der Waals surface area (Å²) in [4.78, 5) is 18.0. The monoisotopic (exact) mass is 424 g/mol. The molecule has 1 fully saturated rings. The molecule has 0 aliphatic carbocycles. The fourth-order valence-electron chi connectivity index (χ4n) is 5.25. The molecule has 1 amide bonds. The van der Waals surface area contributed by atoms with E-state index in [0.717, 1.165) is 31.6 Å². The van der Waals surface area contributed by atoms with Crippen LogP contribution in [0.1, 0.15) is 30.4 Å². The standard InChI is InChI=1S/C29H32N2O/c32-29(17-14-23-12-15-26(16-13-23)25-8-2-1-3-9-25)31-22-24(21-30-18-6-7-19-30)20-27-10-4-5-11-28(27)31/h1-5,8-13,15-16,24H,6-7,14,17-22H2. The van der Waals surface area contributed by atoms with Gasteiger partial charge in [0.1, 0.15) is 0 Å². The van der Waals surface area contributed by atoms with E-state index in [4.69, 9.17) is 0 Å². The van der Waals surface area contributed by atoms with Gasteiger partial charge in [0.25, 0.3) is 0 Å². The van der Waals surface area contributed by atoms with E-state index >= 15 is 0 Å². The maximum atomic E-state index is 13.3. The number of para-hydroxylation sites is 1. The number of anilines is 1. The van der Waals surface area contributed by atoms with Crippen LogP contribution in [0.4, 0.5) is 5.69 Å². The lowest BCUT2D eigenvalue weighted by Crippen LogP contribution is -2.43. The lowest BCUT2D eigenvalue weighted by Gasteiger charge is -2.36. The molecule has 1 unspecified atom stereocenters. The summed E-state index contributed by atoms with van der Waals surface area (Å²) < 4.78 is 0. The van der Waals surface area contributed by atoms with Gasteiger partial charge in [-0.3, -0.25) is 4.79 Å². The second-order valence-electron chi connectivity index (χ2n) is 9.27. The maximum absolute atomic E-state index is 13.3. The number of benzene rings is 3. The number of nitrogens with zero attached hydrogens (tertiary/aromatic N) is 2. The van der Waals surface area contributed by atoms with Crippen LogP contribution in [0.15, 0.2) is 78.9 Å². The van der Waals surface area contributed by atoms with Gasteiger partial charge in [-0.05, 0) is 73.0 Å². The summed E-state index contributed by atoms with van der Waals surface area (Å²) >= 11 is 0. The van der Waals surface area contributed by atoms with Crippen molar-refractivity contribution < 1.29 is 4.79 Å². The smallest absolute Gasteiger partial charge is 0.227 e. The van der Waals surface area contributed by atoms with E-state index in [0.29, 0.717) is 12.3 Å². The van der Waals surface area contributed by atoms with Crippen LogP contribution in [0.25, 0.3) is 11.1 Å². The minimum absolute atomic E-state index is 0.246. The van der Waals surface area contributed by atoms with Crippen molar-refractivity contribution >= 4 is 11.6 Å². The average Bonchev–Trinajstić information content (AvgIpc) is 3.36. The van der Waals surface area contributed by atoms with E-state index in [-0.39, 0.29) is 5.91 Å². The molecule has 3 aromatic rings. The summed E-state index contributed by atoms with van der Waals surface area (Å²) in [5.41, 5.74) is 6.11. The van der Waals surface area contributed by atoms with Crippen molar-refractivity contribution in [1.29, 1.82) is 0 Å². The second-order valence-corrected chi connectivity index (χ2v) is 9.27. The molecule has 2 heterocycles. The summed E-state index contributed by atoms with van der Waals surface area (Å²) in [5, 5.41) is 0. The highest BCUT2D eigenvalue weighted by Crippen LogP contribution is 2.31. The Bertz CT molecular complexity index is 1040. The molecule has 1 saturated heterocycles. The van der Waals surface area contributed by atoms with Crippen LogP contribution in [0.5, 0.6) is 0 Å². The van der Waals surface area contributed by atoms with Crippen molar-refractivity contribution in [3.63, 3.8) is 0 Å². The first-order chi connectivity index (χ1) is 15.8. The van der Waals surface area contributed by atoms with E-state index < -0.39 is 0 Å². The molecule has 3 aromatic carbocycles. The summed E-state index contributed by atoms with van der Waals surface area (Å²) in [7, 11) is 0. The molecule has 5 rings (SSSR count). The van der Waals surface area contributed by atoms with E-state index in [9.17, 15) is 4.79 Å². The second kappa shape index (κ2) is 9.70. The van der Waals surface area contributed by atoms with Gasteiger partial charge in [-0.2, -0.15) is 0 Å². The Morgan fingerprint density at radius 2 is 1.50 bits per heavy atom. The molecular formula is C29H32N2O. The first-order valence-corrected chi connectivity index (χ1v) is 12.0. The van der Waals surface area contributed by atoms with Gasteiger partial charge in [0.05, 0.1) is 0 Å². The first-order valence-electron chi connectivity index (χ1n) is 12.0. The summed E-state index contributed by atoms with van der Waals surface area (Å²) in [6.45, 7) is 4.38. The van der Waals surface area contributed by atoms with Crippen molar-refractivity contribution in [2.24, 2.45) is 5.92 Å². The normalized spacial score (nSPS) is 18.5. The number of aryl methyl sites for hydroxylation is 1. The van der Waals surface area contributed by atoms with Gasteiger partial charge in [0.2, 0.25) is 5.91 Å². The number of likely N-dealkylation sites (tertiary alicyclic amines) is 1. The van der Waals surface area contributed by atoms with Crippen molar-refractivity contribution in [3.05, 3.63) is 90.0 Å².